The third kappa shape index (κ3) is 7.74. The van der Waals surface area contributed by atoms with Crippen LogP contribution in [0.4, 0.5) is 32.2 Å². The molecule has 4 aromatic rings. The van der Waals surface area contributed by atoms with E-state index in [9.17, 15) is 18.8 Å². The number of rotatable bonds is 9. The number of carboxylic acid groups (broad SMARTS) is 1. The Hall–Kier alpha value is -5.23. The molecule has 43 heavy (non-hydrogen) atoms. The lowest BCUT2D eigenvalue weighted by atomic mass is 10.0. The molecule has 3 amide bonds. The summed E-state index contributed by atoms with van der Waals surface area (Å²) in [7, 11) is 0. The summed E-state index contributed by atoms with van der Waals surface area (Å²) in [5.41, 5.74) is 1.25. The standard InChI is InChI=1S/C30H26ClFN6O5/c31-24-15-21(35-28-23(2-1-11-34-28)29(40)36-20-5-3-19(32)4-6-20)7-8-25(24)43-22-9-12-33-26(16-22)37-27(39)14-18-10-13-38(17-18)30(41)42/h1-9,11-12,15-16,18H,10,13-14,17H2,(H,34,35)(H,36,40)(H,41,42)(H,33,37,39)/t18-/m0/s1. The van der Waals surface area contributed by atoms with Crippen LogP contribution in [0.2, 0.25) is 5.02 Å². The molecule has 0 saturated carbocycles. The Morgan fingerprint density at radius 1 is 1.00 bits per heavy atom. The van der Waals surface area contributed by atoms with Gasteiger partial charge in [0.2, 0.25) is 5.91 Å². The van der Waals surface area contributed by atoms with E-state index in [1.54, 1.807) is 42.5 Å². The molecule has 13 heteroatoms. The first kappa shape index (κ1) is 29.3. The molecule has 0 unspecified atom stereocenters. The van der Waals surface area contributed by atoms with Crippen LogP contribution in [0.1, 0.15) is 23.2 Å². The van der Waals surface area contributed by atoms with Crippen molar-refractivity contribution in [3.8, 4) is 11.5 Å². The number of aromatic nitrogens is 2. The van der Waals surface area contributed by atoms with Gasteiger partial charge in [-0.3, -0.25) is 9.59 Å². The van der Waals surface area contributed by atoms with Gasteiger partial charge >= 0.3 is 6.09 Å². The van der Waals surface area contributed by atoms with Gasteiger partial charge in [0.05, 0.1) is 10.6 Å². The number of likely N-dealkylation sites (tertiary alicyclic amines) is 1. The molecule has 2 aromatic heterocycles. The molecule has 11 nitrogen and oxygen atoms in total. The third-order valence-electron chi connectivity index (χ3n) is 6.61. The summed E-state index contributed by atoms with van der Waals surface area (Å²) in [6, 6.07) is 16.8. The van der Waals surface area contributed by atoms with Gasteiger partial charge < -0.3 is 30.7 Å². The molecule has 1 aliphatic heterocycles. The van der Waals surface area contributed by atoms with Gasteiger partial charge in [-0.2, -0.15) is 0 Å². The summed E-state index contributed by atoms with van der Waals surface area (Å²) in [6.07, 6.45) is 2.85. The molecule has 1 aliphatic rings. The Morgan fingerprint density at radius 3 is 2.53 bits per heavy atom. The van der Waals surface area contributed by atoms with Gasteiger partial charge in [0.15, 0.2) is 0 Å². The SMILES string of the molecule is O=C(C[C@@H]1CCN(C(=O)O)C1)Nc1cc(Oc2ccc(Nc3ncccc3C(=O)Nc3ccc(F)cc3)cc2Cl)ccn1. The minimum Gasteiger partial charge on any atom is -0.465 e. The maximum Gasteiger partial charge on any atom is 0.407 e. The highest BCUT2D eigenvalue weighted by molar-refractivity contribution is 6.32. The molecular formula is C30H26ClFN6O5. The lowest BCUT2D eigenvalue weighted by Crippen LogP contribution is -2.27. The lowest BCUT2D eigenvalue weighted by molar-refractivity contribution is -0.117. The highest BCUT2D eigenvalue weighted by Crippen LogP contribution is 2.33. The van der Waals surface area contributed by atoms with Gasteiger partial charge in [-0.25, -0.2) is 19.2 Å². The quantitative estimate of drug-likeness (QED) is 0.172. The summed E-state index contributed by atoms with van der Waals surface area (Å²) in [5, 5.41) is 17.9. The van der Waals surface area contributed by atoms with Crippen LogP contribution in [0.25, 0.3) is 0 Å². The lowest BCUT2D eigenvalue weighted by Gasteiger charge is -2.14. The minimum absolute atomic E-state index is 0.0483. The maximum absolute atomic E-state index is 13.2. The van der Waals surface area contributed by atoms with Crippen LogP contribution in [0.3, 0.4) is 0 Å². The van der Waals surface area contributed by atoms with E-state index in [2.05, 4.69) is 25.9 Å². The second-order valence-corrected chi connectivity index (χ2v) is 10.2. The van der Waals surface area contributed by atoms with Crippen molar-refractivity contribution in [2.24, 2.45) is 5.92 Å². The Labute approximate surface area is 250 Å². The fraction of sp³-hybridized carbons (Fsp3) is 0.167. The minimum atomic E-state index is -0.982. The van der Waals surface area contributed by atoms with Gasteiger partial charge in [-0.05, 0) is 73.0 Å². The van der Waals surface area contributed by atoms with Crippen molar-refractivity contribution in [3.05, 3.63) is 95.5 Å². The predicted octanol–water partition coefficient (Wildman–Crippen LogP) is 6.39. The first-order valence-electron chi connectivity index (χ1n) is 13.2. The number of benzene rings is 2. The fourth-order valence-electron chi connectivity index (χ4n) is 4.52. The van der Waals surface area contributed by atoms with Crippen LogP contribution in [-0.4, -0.2) is 51.0 Å². The Balaban J connectivity index is 1.20. The number of hydrogen-bond donors (Lipinski definition) is 4. The van der Waals surface area contributed by atoms with Gasteiger partial charge in [-0.1, -0.05) is 11.6 Å². The van der Waals surface area contributed by atoms with E-state index in [1.165, 1.54) is 41.6 Å². The highest BCUT2D eigenvalue weighted by Gasteiger charge is 2.27. The van der Waals surface area contributed by atoms with Crippen LogP contribution in [0.15, 0.2) is 79.1 Å². The van der Waals surface area contributed by atoms with Crippen molar-refractivity contribution in [1.29, 1.82) is 0 Å². The number of anilines is 4. The monoisotopic (exact) mass is 604 g/mol. The Bertz CT molecular complexity index is 1650. The molecule has 0 bridgehead atoms. The van der Waals surface area contributed by atoms with Gasteiger partial charge in [0.25, 0.3) is 5.91 Å². The molecule has 0 spiro atoms. The van der Waals surface area contributed by atoms with E-state index in [0.29, 0.717) is 42.4 Å². The number of nitrogens with zero attached hydrogens (tertiary/aromatic N) is 3. The third-order valence-corrected chi connectivity index (χ3v) is 6.90. The summed E-state index contributed by atoms with van der Waals surface area (Å²) in [4.78, 5) is 46.2. The predicted molar refractivity (Wildman–Crippen MR) is 159 cm³/mol. The van der Waals surface area contributed by atoms with Crippen molar-refractivity contribution in [2.75, 3.05) is 29.0 Å². The first-order valence-corrected chi connectivity index (χ1v) is 13.6. The zero-order valence-electron chi connectivity index (χ0n) is 22.6. The smallest absolute Gasteiger partial charge is 0.407 e. The molecule has 0 radical (unpaired) electrons. The zero-order valence-corrected chi connectivity index (χ0v) is 23.3. The van der Waals surface area contributed by atoms with Gasteiger partial charge in [-0.15, -0.1) is 0 Å². The van der Waals surface area contributed by atoms with Crippen molar-refractivity contribution in [3.63, 3.8) is 0 Å². The topological polar surface area (TPSA) is 146 Å². The number of carbonyl (C=O) groups is 3. The average molecular weight is 605 g/mol. The summed E-state index contributed by atoms with van der Waals surface area (Å²) >= 11 is 6.49. The fourth-order valence-corrected chi connectivity index (χ4v) is 4.74. The molecule has 2 aromatic carbocycles. The molecule has 3 heterocycles. The van der Waals surface area contributed by atoms with Crippen molar-refractivity contribution in [2.45, 2.75) is 12.8 Å². The second-order valence-electron chi connectivity index (χ2n) is 9.75. The molecule has 5 rings (SSSR count). The van der Waals surface area contributed by atoms with Gasteiger partial charge in [0, 0.05) is 49.3 Å². The molecule has 1 saturated heterocycles. The van der Waals surface area contributed by atoms with Crippen LogP contribution in [-0.2, 0) is 4.79 Å². The summed E-state index contributed by atoms with van der Waals surface area (Å²) in [5.74, 6) is 0.138. The number of halogens is 2. The molecule has 0 aliphatic carbocycles. The largest absolute Gasteiger partial charge is 0.465 e. The van der Waals surface area contributed by atoms with Crippen molar-refractivity contribution >= 4 is 52.5 Å². The maximum atomic E-state index is 13.2. The number of carbonyl (C=O) groups excluding carboxylic acids is 2. The number of pyridine rings is 2. The van der Waals surface area contributed by atoms with E-state index in [4.69, 9.17) is 21.4 Å². The number of hydrogen-bond acceptors (Lipinski definition) is 7. The second kappa shape index (κ2) is 13.2. The number of amides is 3. The van der Waals surface area contributed by atoms with E-state index in [-0.39, 0.29) is 40.5 Å². The Morgan fingerprint density at radius 2 is 1.79 bits per heavy atom. The average Bonchev–Trinajstić information content (AvgIpc) is 3.45. The summed E-state index contributed by atoms with van der Waals surface area (Å²) in [6.45, 7) is 0.743. The van der Waals surface area contributed by atoms with E-state index in [0.717, 1.165) is 0 Å². The zero-order chi connectivity index (χ0) is 30.3. The van der Waals surface area contributed by atoms with E-state index < -0.39 is 17.8 Å². The highest BCUT2D eigenvalue weighted by atomic mass is 35.5. The van der Waals surface area contributed by atoms with Gasteiger partial charge in [0.1, 0.15) is 29.0 Å². The van der Waals surface area contributed by atoms with E-state index >= 15 is 0 Å². The molecule has 1 atom stereocenters. The summed E-state index contributed by atoms with van der Waals surface area (Å²) < 4.78 is 19.1. The first-order chi connectivity index (χ1) is 20.7. The van der Waals surface area contributed by atoms with Crippen LogP contribution in [0, 0.1) is 11.7 Å². The normalized spacial score (nSPS) is 14.2. The van der Waals surface area contributed by atoms with Crippen molar-refractivity contribution < 1.29 is 28.6 Å². The number of ether oxygens (including phenoxy) is 1. The Kier molecular flexibility index (Phi) is 8.96. The van der Waals surface area contributed by atoms with Crippen LogP contribution in [0.5, 0.6) is 11.5 Å². The van der Waals surface area contributed by atoms with Crippen molar-refractivity contribution in [1.82, 2.24) is 14.9 Å². The molecule has 4 N–H and O–H groups in total. The van der Waals surface area contributed by atoms with E-state index in [1.807, 2.05) is 0 Å². The molecule has 1 fully saturated rings. The van der Waals surface area contributed by atoms with Crippen LogP contribution >= 0.6 is 11.6 Å². The molecular weight excluding hydrogens is 579 g/mol. The number of nitrogens with one attached hydrogen (secondary N) is 3. The van der Waals surface area contributed by atoms with Crippen LogP contribution < -0.4 is 20.7 Å². The molecule has 220 valence electrons.